The molecule has 0 unspecified atom stereocenters. The van der Waals surface area contributed by atoms with Gasteiger partial charge in [0.2, 0.25) is 0 Å². The zero-order chi connectivity index (χ0) is 13.7. The van der Waals surface area contributed by atoms with Crippen LogP contribution in [0.3, 0.4) is 0 Å². The van der Waals surface area contributed by atoms with Crippen LogP contribution in [0.15, 0.2) is 12.1 Å². The number of aromatic nitrogens is 1. The molecule has 100 valence electrons. The first-order chi connectivity index (χ1) is 8.43. The molecule has 0 bridgehead atoms. The average Bonchev–Trinajstić information content (AvgIpc) is 2.28. The second-order valence-corrected chi connectivity index (χ2v) is 3.63. The van der Waals surface area contributed by atoms with Crippen molar-refractivity contribution in [2.24, 2.45) is 0 Å². The smallest absolute Gasteiger partial charge is 0.276 e. The predicted molar refractivity (Wildman–Crippen MR) is 64.3 cm³/mol. The van der Waals surface area contributed by atoms with Crippen LogP contribution in [0.25, 0.3) is 0 Å². The van der Waals surface area contributed by atoms with Crippen molar-refractivity contribution in [2.75, 3.05) is 30.4 Å². The lowest BCUT2D eigenvalue weighted by Gasteiger charge is -2.18. The van der Waals surface area contributed by atoms with Crippen LogP contribution in [0.4, 0.5) is 26.1 Å². The first-order valence-corrected chi connectivity index (χ1v) is 5.33. The zero-order valence-electron chi connectivity index (χ0n) is 10.1. The van der Waals surface area contributed by atoms with E-state index < -0.39 is 17.9 Å². The summed E-state index contributed by atoms with van der Waals surface area (Å²) >= 11 is 0. The van der Waals surface area contributed by atoms with Gasteiger partial charge in [-0.05, 0) is 6.92 Å². The molecule has 8 heteroatoms. The van der Waals surface area contributed by atoms with Crippen molar-refractivity contribution in [1.82, 2.24) is 4.98 Å². The maximum Gasteiger partial charge on any atom is 0.276 e. The third kappa shape index (κ3) is 3.79. The molecule has 18 heavy (non-hydrogen) atoms. The van der Waals surface area contributed by atoms with Gasteiger partial charge in [0.25, 0.3) is 12.1 Å². The Labute approximate surface area is 103 Å². The molecule has 0 spiro atoms. The molecule has 0 saturated heterocycles. The summed E-state index contributed by atoms with van der Waals surface area (Å²) in [6, 6.07) is 2.44. The maximum absolute atomic E-state index is 12.3. The molecular weight excluding hydrogens is 246 g/mol. The highest BCUT2D eigenvalue weighted by molar-refractivity contribution is 5.55. The number of hydrogen-bond donors (Lipinski definition) is 1. The van der Waals surface area contributed by atoms with E-state index in [4.69, 9.17) is 0 Å². The topological polar surface area (TPSA) is 71.3 Å². The molecule has 1 aromatic rings. The van der Waals surface area contributed by atoms with E-state index in [-0.39, 0.29) is 11.5 Å². The van der Waals surface area contributed by atoms with Gasteiger partial charge in [-0.25, -0.2) is 13.8 Å². The van der Waals surface area contributed by atoms with E-state index in [1.165, 1.54) is 24.1 Å². The van der Waals surface area contributed by atoms with E-state index in [1.807, 2.05) is 6.92 Å². The first kappa shape index (κ1) is 14.1. The third-order valence-electron chi connectivity index (χ3n) is 2.17. The van der Waals surface area contributed by atoms with Crippen LogP contribution in [0.1, 0.15) is 6.92 Å². The lowest BCUT2D eigenvalue weighted by Crippen LogP contribution is -2.25. The molecular formula is C10H14F2N4O2. The second kappa shape index (κ2) is 6.08. The minimum absolute atomic E-state index is 0.139. The number of hydrogen-bond acceptors (Lipinski definition) is 5. The van der Waals surface area contributed by atoms with E-state index in [1.54, 1.807) is 0 Å². The Bertz CT molecular complexity index is 428. The lowest BCUT2D eigenvalue weighted by atomic mass is 10.3. The molecule has 0 radical (unpaired) electrons. The predicted octanol–water partition coefficient (Wildman–Crippen LogP) is 2.12. The summed E-state index contributed by atoms with van der Waals surface area (Å²) < 4.78 is 24.5. The van der Waals surface area contributed by atoms with E-state index in [2.05, 4.69) is 10.3 Å². The number of pyridine rings is 1. The highest BCUT2D eigenvalue weighted by Crippen LogP contribution is 2.23. The van der Waals surface area contributed by atoms with Crippen LogP contribution in [0.2, 0.25) is 0 Å². The van der Waals surface area contributed by atoms with Gasteiger partial charge in [-0.3, -0.25) is 10.1 Å². The first-order valence-electron chi connectivity index (χ1n) is 5.33. The fraction of sp³-hybridized carbons (Fsp3) is 0.500. The highest BCUT2D eigenvalue weighted by Gasteiger charge is 2.15. The Morgan fingerprint density at radius 1 is 1.56 bits per heavy atom. The minimum atomic E-state index is -2.53. The molecule has 1 heterocycles. The quantitative estimate of drug-likeness (QED) is 0.626. The Balaban J connectivity index is 3.05. The molecule has 0 aliphatic rings. The molecule has 0 fully saturated rings. The summed E-state index contributed by atoms with van der Waals surface area (Å²) in [4.78, 5) is 15.4. The van der Waals surface area contributed by atoms with Crippen molar-refractivity contribution in [1.29, 1.82) is 0 Å². The Hall–Kier alpha value is -1.99. The molecule has 1 aromatic heterocycles. The number of anilines is 2. The Morgan fingerprint density at radius 3 is 2.72 bits per heavy atom. The summed E-state index contributed by atoms with van der Waals surface area (Å²) in [6.45, 7) is 1.81. The normalized spacial score (nSPS) is 10.5. The van der Waals surface area contributed by atoms with Gasteiger partial charge >= 0.3 is 0 Å². The molecule has 0 aliphatic heterocycles. The van der Waals surface area contributed by atoms with Crippen LogP contribution in [0, 0.1) is 10.1 Å². The van der Waals surface area contributed by atoms with Gasteiger partial charge in [0, 0.05) is 13.6 Å². The molecule has 0 amide bonds. The van der Waals surface area contributed by atoms with Crippen molar-refractivity contribution in [3.63, 3.8) is 0 Å². The van der Waals surface area contributed by atoms with Gasteiger partial charge in [0.05, 0.1) is 23.6 Å². The number of nitrogens with zero attached hydrogens (tertiary/aromatic N) is 3. The maximum atomic E-state index is 12.3. The van der Waals surface area contributed by atoms with E-state index in [0.717, 1.165) is 0 Å². The van der Waals surface area contributed by atoms with E-state index in [0.29, 0.717) is 12.4 Å². The highest BCUT2D eigenvalue weighted by atomic mass is 19.3. The fourth-order valence-corrected chi connectivity index (χ4v) is 1.38. The molecule has 0 atom stereocenters. The van der Waals surface area contributed by atoms with Gasteiger partial charge in [-0.1, -0.05) is 0 Å². The monoisotopic (exact) mass is 260 g/mol. The minimum Gasteiger partial charge on any atom is -0.370 e. The Morgan fingerprint density at radius 2 is 2.22 bits per heavy atom. The van der Waals surface area contributed by atoms with Crippen LogP contribution in [0.5, 0.6) is 0 Å². The lowest BCUT2D eigenvalue weighted by molar-refractivity contribution is -0.384. The summed E-state index contributed by atoms with van der Waals surface area (Å²) in [5.74, 6) is 0.434. The fourth-order valence-electron chi connectivity index (χ4n) is 1.38. The third-order valence-corrected chi connectivity index (χ3v) is 2.17. The van der Waals surface area contributed by atoms with E-state index >= 15 is 0 Å². The molecule has 1 N–H and O–H groups in total. The summed E-state index contributed by atoms with van der Waals surface area (Å²) in [6.07, 6.45) is -2.53. The summed E-state index contributed by atoms with van der Waals surface area (Å²) in [5.41, 5.74) is -0.183. The number of nitrogens with one attached hydrogen (secondary N) is 1. The van der Waals surface area contributed by atoms with Crippen LogP contribution < -0.4 is 10.2 Å². The largest absolute Gasteiger partial charge is 0.370 e. The van der Waals surface area contributed by atoms with Crippen molar-refractivity contribution >= 4 is 17.3 Å². The van der Waals surface area contributed by atoms with Crippen LogP contribution in [-0.4, -0.2) is 36.5 Å². The standard InChI is InChI=1S/C10H14F2N4O2/c1-3-13-9-4-7(16(17)18)5-10(14-9)15(2)6-8(11)12/h4-5,8H,3,6H2,1-2H3,(H,13,14). The van der Waals surface area contributed by atoms with Crippen LogP contribution >= 0.6 is 0 Å². The average molecular weight is 260 g/mol. The molecule has 0 saturated carbocycles. The van der Waals surface area contributed by atoms with Gasteiger partial charge < -0.3 is 10.2 Å². The van der Waals surface area contributed by atoms with Gasteiger partial charge in [-0.15, -0.1) is 0 Å². The number of nitro groups is 1. The summed E-state index contributed by atoms with van der Waals surface area (Å²) in [7, 11) is 1.41. The van der Waals surface area contributed by atoms with Crippen LogP contribution in [-0.2, 0) is 0 Å². The van der Waals surface area contributed by atoms with Gasteiger partial charge in [0.1, 0.15) is 11.6 Å². The van der Waals surface area contributed by atoms with Crippen molar-refractivity contribution in [2.45, 2.75) is 13.3 Å². The van der Waals surface area contributed by atoms with Gasteiger partial charge in [-0.2, -0.15) is 0 Å². The van der Waals surface area contributed by atoms with Crippen molar-refractivity contribution < 1.29 is 13.7 Å². The number of halogens is 2. The summed E-state index contributed by atoms with van der Waals surface area (Å²) in [5, 5.41) is 13.6. The molecule has 0 aromatic carbocycles. The SMILES string of the molecule is CCNc1cc([N+](=O)[O-])cc(N(C)CC(F)F)n1. The second-order valence-electron chi connectivity index (χ2n) is 3.63. The van der Waals surface area contributed by atoms with Crippen molar-refractivity contribution in [3.8, 4) is 0 Å². The molecule has 6 nitrogen and oxygen atoms in total. The van der Waals surface area contributed by atoms with E-state index in [9.17, 15) is 18.9 Å². The Kier molecular flexibility index (Phi) is 4.75. The number of rotatable bonds is 6. The molecule has 1 rings (SSSR count). The zero-order valence-corrected chi connectivity index (χ0v) is 10.1. The number of alkyl halides is 2. The van der Waals surface area contributed by atoms with Gasteiger partial charge in [0.15, 0.2) is 0 Å². The van der Waals surface area contributed by atoms with Crippen molar-refractivity contribution in [3.05, 3.63) is 22.2 Å². The molecule has 0 aliphatic carbocycles.